The first-order valence-corrected chi connectivity index (χ1v) is 9.98. The van der Waals surface area contributed by atoms with Gasteiger partial charge < -0.3 is 4.74 Å². The van der Waals surface area contributed by atoms with Crippen molar-refractivity contribution in [2.24, 2.45) is 0 Å². The first kappa shape index (κ1) is 20.9. The van der Waals surface area contributed by atoms with E-state index in [-0.39, 0.29) is 13.0 Å². The maximum atomic E-state index is 13.7. The Morgan fingerprint density at radius 2 is 1.83 bits per heavy atom. The molecule has 4 atom stereocenters. The van der Waals surface area contributed by atoms with Gasteiger partial charge in [-0.3, -0.25) is 27.9 Å². The second-order valence-corrected chi connectivity index (χ2v) is 8.14. The van der Waals surface area contributed by atoms with Gasteiger partial charge in [-0.2, -0.15) is 4.39 Å². The Morgan fingerprint density at radius 1 is 1.13 bits per heavy atom. The molecule has 9 nitrogen and oxygen atoms in total. The number of nitrogens with one attached hydrogen (secondary N) is 1. The van der Waals surface area contributed by atoms with Crippen LogP contribution < -0.4 is 11.2 Å². The molecule has 1 unspecified atom stereocenters. The zero-order valence-corrected chi connectivity index (χ0v) is 15.7. The fourth-order valence-electron chi connectivity index (χ4n) is 3.09. The Morgan fingerprint density at radius 3 is 2.53 bits per heavy atom. The fourth-order valence-corrected chi connectivity index (χ4v) is 4.46. The summed E-state index contributed by atoms with van der Waals surface area (Å²) in [6.45, 7) is -1.17. The molecular formula is C16H13F4N2O7P. The number of H-pyrrole nitrogens is 1. The minimum Gasteiger partial charge on any atom is -0.349 e. The molecule has 0 spiro atoms. The molecule has 2 aliphatic rings. The average molecular weight is 452 g/mol. The number of aromatic amines is 1. The van der Waals surface area contributed by atoms with Gasteiger partial charge in [-0.1, -0.05) is 0 Å². The van der Waals surface area contributed by atoms with Crippen LogP contribution >= 0.6 is 7.82 Å². The summed E-state index contributed by atoms with van der Waals surface area (Å²) in [5.41, 5.74) is -2.78. The van der Waals surface area contributed by atoms with Crippen molar-refractivity contribution in [3.05, 3.63) is 68.0 Å². The Bertz CT molecular complexity index is 1130. The fraction of sp³-hybridized carbons (Fsp3) is 0.375. The minimum atomic E-state index is -4.27. The molecule has 0 bridgehead atoms. The molecule has 2 fully saturated rings. The molecule has 0 amide bonds. The number of aromatic nitrogens is 2. The molecule has 4 rings (SSSR count). The highest BCUT2D eigenvalue weighted by molar-refractivity contribution is 7.48. The lowest BCUT2D eigenvalue weighted by Gasteiger charge is -2.29. The molecule has 0 radical (unpaired) electrons. The van der Waals surface area contributed by atoms with Gasteiger partial charge in [0.2, 0.25) is 5.82 Å². The van der Waals surface area contributed by atoms with Crippen LogP contribution in [0.15, 0.2) is 27.9 Å². The Hall–Kier alpha value is -2.31. The largest absolute Gasteiger partial charge is 0.475 e. The molecule has 3 heterocycles. The molecule has 1 N–H and O–H groups in total. The van der Waals surface area contributed by atoms with Gasteiger partial charge in [0.1, 0.15) is 35.9 Å². The highest BCUT2D eigenvalue weighted by atomic mass is 31.2. The number of hydrogen-bond acceptors (Lipinski definition) is 7. The number of rotatable bonds is 4. The third-order valence-corrected chi connectivity index (χ3v) is 5.99. The van der Waals surface area contributed by atoms with Crippen LogP contribution in [-0.2, 0) is 29.5 Å². The second-order valence-electron chi connectivity index (χ2n) is 6.52. The van der Waals surface area contributed by atoms with Gasteiger partial charge >= 0.3 is 13.5 Å². The zero-order valence-electron chi connectivity index (χ0n) is 14.8. The Balaban J connectivity index is 1.46. The van der Waals surface area contributed by atoms with Crippen molar-refractivity contribution in [1.29, 1.82) is 0 Å². The molecule has 0 aliphatic carbocycles. The number of fused-ring (bicyclic) bond motifs is 1. The highest BCUT2D eigenvalue weighted by Gasteiger charge is 2.48. The number of phosphoric acid groups is 1. The normalized spacial score (nSPS) is 28.5. The lowest BCUT2D eigenvalue weighted by atomic mass is 10.2. The Labute approximate surface area is 164 Å². The van der Waals surface area contributed by atoms with Gasteiger partial charge in [-0.15, -0.1) is 0 Å². The third-order valence-electron chi connectivity index (χ3n) is 4.55. The van der Waals surface area contributed by atoms with Gasteiger partial charge in [-0.25, -0.2) is 22.5 Å². The smallest absolute Gasteiger partial charge is 0.349 e. The van der Waals surface area contributed by atoms with Gasteiger partial charge in [0, 0.05) is 18.6 Å². The maximum Gasteiger partial charge on any atom is 0.475 e. The van der Waals surface area contributed by atoms with Crippen LogP contribution in [-0.4, -0.2) is 28.4 Å². The maximum absolute atomic E-state index is 13.7. The SMILES string of the molecule is O=c1[nH]c(=O)n([C@H]2C[C@@H]3OP(=O)(OCc4c(F)cc(F)cc4F)OC[C@H]3O2)cc1F. The minimum absolute atomic E-state index is 0.0773. The molecule has 162 valence electrons. The monoisotopic (exact) mass is 452 g/mol. The summed E-state index contributed by atoms with van der Waals surface area (Å²) in [5, 5.41) is 0. The van der Waals surface area contributed by atoms with Crippen LogP contribution in [0.1, 0.15) is 18.2 Å². The van der Waals surface area contributed by atoms with Gasteiger partial charge in [0.15, 0.2) is 0 Å². The molecule has 1 aromatic heterocycles. The number of hydrogen-bond donors (Lipinski definition) is 1. The molecule has 2 saturated heterocycles. The number of halogens is 4. The van der Waals surface area contributed by atoms with E-state index in [1.165, 1.54) is 0 Å². The predicted octanol–water partition coefficient (Wildman–Crippen LogP) is 2.12. The van der Waals surface area contributed by atoms with E-state index in [9.17, 15) is 31.7 Å². The van der Waals surface area contributed by atoms with Gasteiger partial charge in [-0.05, 0) is 0 Å². The van der Waals surface area contributed by atoms with E-state index in [1.54, 1.807) is 4.98 Å². The van der Waals surface area contributed by atoms with Crippen LogP contribution in [0.25, 0.3) is 0 Å². The number of ether oxygens (including phenoxy) is 1. The Kier molecular flexibility index (Phi) is 5.41. The van der Waals surface area contributed by atoms with E-state index in [4.69, 9.17) is 18.3 Å². The van der Waals surface area contributed by atoms with E-state index >= 15 is 0 Å². The number of phosphoric ester groups is 1. The number of nitrogens with zero attached hydrogens (tertiary/aromatic N) is 1. The van der Waals surface area contributed by atoms with Crippen molar-refractivity contribution in [3.63, 3.8) is 0 Å². The molecule has 30 heavy (non-hydrogen) atoms. The van der Waals surface area contributed by atoms with Gasteiger partial charge in [0.25, 0.3) is 5.56 Å². The predicted molar refractivity (Wildman–Crippen MR) is 89.3 cm³/mol. The van der Waals surface area contributed by atoms with E-state index < -0.39 is 72.9 Å². The standard InChI is InChI=1S/C16H13F4N2O7P/c17-7-1-9(18)8(10(19)2-7)5-26-30(25)27-6-13-12(29-30)3-14(28-13)22-4-11(20)15(23)21-16(22)24/h1-2,4,12-14H,3,5-6H2,(H,21,23,24)/t12-,13+,14+,30?/m0/s1. The van der Waals surface area contributed by atoms with E-state index in [0.717, 1.165) is 4.57 Å². The van der Waals surface area contributed by atoms with Crippen molar-refractivity contribution < 1.29 is 40.4 Å². The summed E-state index contributed by atoms with van der Waals surface area (Å²) in [6, 6.07) is 0.875. The van der Waals surface area contributed by atoms with Crippen molar-refractivity contribution >= 4 is 7.82 Å². The summed E-state index contributed by atoms with van der Waals surface area (Å²) in [5.74, 6) is -4.81. The molecule has 14 heteroatoms. The first-order valence-electron chi connectivity index (χ1n) is 8.52. The van der Waals surface area contributed by atoms with Crippen LogP contribution in [0.5, 0.6) is 0 Å². The van der Waals surface area contributed by atoms with Crippen LogP contribution in [0.4, 0.5) is 17.6 Å². The molecule has 2 aromatic rings. The van der Waals surface area contributed by atoms with Crippen LogP contribution in [0.2, 0.25) is 0 Å². The lowest BCUT2D eigenvalue weighted by Crippen LogP contribution is -2.34. The second kappa shape index (κ2) is 7.75. The third kappa shape index (κ3) is 3.98. The molecular weight excluding hydrogens is 439 g/mol. The molecule has 1 aromatic carbocycles. The summed E-state index contributed by atoms with van der Waals surface area (Å²) < 4.78 is 88.0. The summed E-state index contributed by atoms with van der Waals surface area (Å²) in [4.78, 5) is 24.8. The van der Waals surface area contributed by atoms with Crippen LogP contribution in [0, 0.1) is 23.3 Å². The van der Waals surface area contributed by atoms with E-state index in [1.807, 2.05) is 0 Å². The van der Waals surface area contributed by atoms with Gasteiger partial charge in [0.05, 0.1) is 25.0 Å². The molecule has 0 saturated carbocycles. The van der Waals surface area contributed by atoms with Crippen molar-refractivity contribution in [2.45, 2.75) is 31.5 Å². The quantitative estimate of drug-likeness (QED) is 0.559. The van der Waals surface area contributed by atoms with E-state index in [0.29, 0.717) is 18.3 Å². The summed E-state index contributed by atoms with van der Waals surface area (Å²) in [6.07, 6.45) is -2.19. The lowest BCUT2D eigenvalue weighted by molar-refractivity contribution is -0.0733. The van der Waals surface area contributed by atoms with Crippen molar-refractivity contribution in [2.75, 3.05) is 6.61 Å². The van der Waals surface area contributed by atoms with Crippen molar-refractivity contribution in [3.8, 4) is 0 Å². The highest BCUT2D eigenvalue weighted by Crippen LogP contribution is 2.57. The average Bonchev–Trinajstić information content (AvgIpc) is 3.06. The summed E-state index contributed by atoms with van der Waals surface area (Å²) >= 11 is 0. The van der Waals surface area contributed by atoms with Crippen molar-refractivity contribution in [1.82, 2.24) is 9.55 Å². The first-order chi connectivity index (χ1) is 14.1. The summed E-state index contributed by atoms with van der Waals surface area (Å²) in [7, 11) is -4.27. The van der Waals surface area contributed by atoms with Crippen LogP contribution in [0.3, 0.4) is 0 Å². The topological polar surface area (TPSA) is 109 Å². The zero-order chi connectivity index (χ0) is 21.6. The molecule has 2 aliphatic heterocycles. The van der Waals surface area contributed by atoms with E-state index in [2.05, 4.69) is 0 Å². The number of benzene rings is 1.